The van der Waals surface area contributed by atoms with Crippen molar-refractivity contribution in [1.82, 2.24) is 4.98 Å². The number of carbonyl (C=O) groups excluding carboxylic acids is 1. The smallest absolute Gasteiger partial charge is 0.229 e. The number of nitrogens with one attached hydrogen (secondary N) is 1. The highest BCUT2D eigenvalue weighted by molar-refractivity contribution is 7.22. The number of thiazole rings is 1. The van der Waals surface area contributed by atoms with Crippen LogP contribution in [0.25, 0.3) is 10.2 Å². The molecule has 112 valence electrons. The molecule has 0 aliphatic carbocycles. The van der Waals surface area contributed by atoms with Crippen LogP contribution in [0.5, 0.6) is 0 Å². The number of unbranched alkanes of at least 4 members (excludes halogenated alkanes) is 4. The minimum atomic E-state index is -0.00105. The highest BCUT2D eigenvalue weighted by atomic mass is 32.1. The van der Waals surface area contributed by atoms with Gasteiger partial charge in [0.15, 0.2) is 5.13 Å². The van der Waals surface area contributed by atoms with E-state index in [1.165, 1.54) is 37.0 Å². The van der Waals surface area contributed by atoms with Crippen LogP contribution in [0, 0.1) is 0 Å². The first kappa shape index (κ1) is 15.7. The van der Waals surface area contributed by atoms with Gasteiger partial charge in [0.25, 0.3) is 0 Å². The quantitative estimate of drug-likeness (QED) is 0.541. The van der Waals surface area contributed by atoms with Crippen LogP contribution in [0.3, 0.4) is 0 Å². The van der Waals surface area contributed by atoms with Crippen molar-refractivity contribution in [1.29, 1.82) is 0 Å². The van der Waals surface area contributed by atoms with Gasteiger partial charge >= 0.3 is 0 Å². The number of allylic oxidation sites excluding steroid dienone is 1. The van der Waals surface area contributed by atoms with Gasteiger partial charge in [-0.2, -0.15) is 0 Å². The number of fused-ring (bicyclic) bond motifs is 1. The van der Waals surface area contributed by atoms with Crippen molar-refractivity contribution in [3.05, 3.63) is 36.4 Å². The Morgan fingerprint density at radius 3 is 2.90 bits per heavy atom. The van der Waals surface area contributed by atoms with Crippen molar-refractivity contribution in [2.45, 2.75) is 45.4 Å². The summed E-state index contributed by atoms with van der Waals surface area (Å²) >= 11 is 1.51. The van der Waals surface area contributed by atoms with Gasteiger partial charge < -0.3 is 5.32 Å². The topological polar surface area (TPSA) is 42.0 Å². The molecule has 0 spiro atoms. The lowest BCUT2D eigenvalue weighted by atomic mass is 10.1. The van der Waals surface area contributed by atoms with E-state index < -0.39 is 0 Å². The molecule has 2 rings (SSSR count). The van der Waals surface area contributed by atoms with Gasteiger partial charge in [0.2, 0.25) is 5.91 Å². The Morgan fingerprint density at radius 1 is 1.24 bits per heavy atom. The highest BCUT2D eigenvalue weighted by Crippen LogP contribution is 2.25. The molecule has 0 saturated carbocycles. The fourth-order valence-corrected chi connectivity index (χ4v) is 2.98. The van der Waals surface area contributed by atoms with E-state index in [1.54, 1.807) is 0 Å². The summed E-state index contributed by atoms with van der Waals surface area (Å²) < 4.78 is 1.10. The minimum absolute atomic E-state index is 0.00105. The second-order valence-corrected chi connectivity index (χ2v) is 6.09. The summed E-state index contributed by atoms with van der Waals surface area (Å²) in [6.07, 6.45) is 10.6. The van der Waals surface area contributed by atoms with Gasteiger partial charge in [-0.25, -0.2) is 4.98 Å². The van der Waals surface area contributed by atoms with Gasteiger partial charge in [-0.15, -0.1) is 0 Å². The average molecular weight is 302 g/mol. The van der Waals surface area contributed by atoms with Crippen molar-refractivity contribution >= 4 is 32.6 Å². The van der Waals surface area contributed by atoms with E-state index in [1.807, 2.05) is 30.3 Å². The normalized spacial score (nSPS) is 11.3. The zero-order valence-corrected chi connectivity index (χ0v) is 13.3. The lowest BCUT2D eigenvalue weighted by Gasteiger charge is -1.97. The van der Waals surface area contributed by atoms with Crippen molar-refractivity contribution < 1.29 is 4.79 Å². The lowest BCUT2D eigenvalue weighted by molar-refractivity contribution is -0.115. The van der Waals surface area contributed by atoms with Crippen LogP contribution in [0.15, 0.2) is 36.4 Å². The molecule has 0 radical (unpaired) electrons. The van der Waals surface area contributed by atoms with Crippen LogP contribution in [0.2, 0.25) is 0 Å². The Bertz CT molecular complexity index is 571. The maximum absolute atomic E-state index is 11.8. The summed E-state index contributed by atoms with van der Waals surface area (Å²) in [4.78, 5) is 16.2. The van der Waals surface area contributed by atoms with E-state index in [2.05, 4.69) is 23.3 Å². The van der Waals surface area contributed by atoms with Crippen molar-refractivity contribution in [3.8, 4) is 0 Å². The highest BCUT2D eigenvalue weighted by Gasteiger charge is 2.05. The fraction of sp³-hybridized carbons (Fsp3) is 0.412. The maximum atomic E-state index is 11.8. The van der Waals surface area contributed by atoms with E-state index in [4.69, 9.17) is 0 Å². The zero-order chi connectivity index (χ0) is 14.9. The number of aromatic nitrogens is 1. The van der Waals surface area contributed by atoms with Crippen LogP contribution >= 0.6 is 11.3 Å². The number of rotatable bonds is 8. The van der Waals surface area contributed by atoms with Crippen LogP contribution in [-0.2, 0) is 4.79 Å². The molecular formula is C17H22N2OS. The summed E-state index contributed by atoms with van der Waals surface area (Å²) in [6.45, 7) is 2.21. The number of amides is 1. The predicted octanol–water partition coefficient (Wildman–Crippen LogP) is 5.15. The molecule has 3 nitrogen and oxygen atoms in total. The molecule has 2 aromatic rings. The standard InChI is InChI=1S/C17H22N2OS/c1-2-3-4-5-6-7-8-13-16(20)19-17-18-14-11-9-10-12-15(14)21-17/h7-12H,2-6,13H2,1H3,(H,18,19,20)/b8-7+. The minimum Gasteiger partial charge on any atom is -0.302 e. The molecule has 0 saturated heterocycles. The number of para-hydroxylation sites is 1. The van der Waals surface area contributed by atoms with Crippen LogP contribution in [0.1, 0.15) is 45.4 Å². The number of benzene rings is 1. The third-order valence-electron chi connectivity index (χ3n) is 3.23. The lowest BCUT2D eigenvalue weighted by Crippen LogP contribution is -2.09. The van der Waals surface area contributed by atoms with Crippen molar-refractivity contribution in [2.24, 2.45) is 0 Å². The Labute approximate surface area is 130 Å². The molecule has 0 aliphatic rings. The molecule has 0 atom stereocenters. The first-order valence-corrected chi connectivity index (χ1v) is 8.41. The number of nitrogens with zero attached hydrogens (tertiary/aromatic N) is 1. The molecule has 1 N–H and O–H groups in total. The second-order valence-electron chi connectivity index (χ2n) is 5.06. The molecule has 1 aromatic heterocycles. The van der Waals surface area contributed by atoms with Gasteiger partial charge in [-0.1, -0.05) is 61.8 Å². The fourth-order valence-electron chi connectivity index (χ4n) is 2.09. The SMILES string of the molecule is CCCCCC/C=C/CC(=O)Nc1nc2ccccc2s1. The number of anilines is 1. The van der Waals surface area contributed by atoms with Gasteiger partial charge in [0.05, 0.1) is 10.2 Å². The molecule has 0 fully saturated rings. The summed E-state index contributed by atoms with van der Waals surface area (Å²) in [5.41, 5.74) is 0.935. The Hall–Kier alpha value is -1.68. The molecule has 0 aliphatic heterocycles. The number of hydrogen-bond acceptors (Lipinski definition) is 3. The van der Waals surface area contributed by atoms with Gasteiger partial charge in [-0.3, -0.25) is 4.79 Å². The van der Waals surface area contributed by atoms with E-state index in [9.17, 15) is 4.79 Å². The van der Waals surface area contributed by atoms with Crippen molar-refractivity contribution in [3.63, 3.8) is 0 Å². The van der Waals surface area contributed by atoms with E-state index >= 15 is 0 Å². The Balaban J connectivity index is 1.73. The molecular weight excluding hydrogens is 280 g/mol. The van der Waals surface area contributed by atoms with E-state index in [0.717, 1.165) is 16.6 Å². The van der Waals surface area contributed by atoms with Crippen LogP contribution in [-0.4, -0.2) is 10.9 Å². The number of hydrogen-bond donors (Lipinski definition) is 1. The summed E-state index contributed by atoms with van der Waals surface area (Å²) in [6, 6.07) is 7.90. The van der Waals surface area contributed by atoms with E-state index in [-0.39, 0.29) is 5.91 Å². The largest absolute Gasteiger partial charge is 0.302 e. The summed E-state index contributed by atoms with van der Waals surface area (Å²) in [7, 11) is 0. The van der Waals surface area contributed by atoms with Gasteiger partial charge in [-0.05, 0) is 25.0 Å². The number of carbonyl (C=O) groups is 1. The summed E-state index contributed by atoms with van der Waals surface area (Å²) in [5, 5.41) is 3.54. The average Bonchev–Trinajstić information content (AvgIpc) is 2.88. The zero-order valence-electron chi connectivity index (χ0n) is 12.5. The molecule has 1 heterocycles. The Kier molecular flexibility index (Phi) is 6.41. The van der Waals surface area contributed by atoms with Gasteiger partial charge in [0.1, 0.15) is 0 Å². The first-order chi connectivity index (χ1) is 10.3. The third kappa shape index (κ3) is 5.31. The molecule has 0 unspecified atom stereocenters. The molecule has 1 amide bonds. The third-order valence-corrected chi connectivity index (χ3v) is 4.19. The summed E-state index contributed by atoms with van der Waals surface area (Å²) in [5.74, 6) is -0.00105. The monoisotopic (exact) mass is 302 g/mol. The maximum Gasteiger partial charge on any atom is 0.229 e. The predicted molar refractivity (Wildman–Crippen MR) is 90.8 cm³/mol. The molecule has 0 bridgehead atoms. The molecule has 4 heteroatoms. The molecule has 1 aromatic carbocycles. The Morgan fingerprint density at radius 2 is 2.10 bits per heavy atom. The van der Waals surface area contributed by atoms with Gasteiger partial charge in [0, 0.05) is 6.42 Å². The van der Waals surface area contributed by atoms with Crippen LogP contribution in [0.4, 0.5) is 5.13 Å². The molecule has 21 heavy (non-hydrogen) atoms. The second kappa shape index (κ2) is 8.57. The van der Waals surface area contributed by atoms with E-state index in [0.29, 0.717) is 11.6 Å². The van der Waals surface area contributed by atoms with Crippen molar-refractivity contribution in [2.75, 3.05) is 5.32 Å². The first-order valence-electron chi connectivity index (χ1n) is 7.60. The van der Waals surface area contributed by atoms with Crippen LogP contribution < -0.4 is 5.32 Å².